The summed E-state index contributed by atoms with van der Waals surface area (Å²) in [6, 6.07) is 12.7. The number of aromatic nitrogens is 1. The molecule has 2 saturated heterocycles. The van der Waals surface area contributed by atoms with Crippen LogP contribution in [-0.4, -0.2) is 56.3 Å². The van der Waals surface area contributed by atoms with Crippen LogP contribution >= 0.6 is 0 Å². The van der Waals surface area contributed by atoms with Crippen molar-refractivity contribution in [1.29, 1.82) is 0 Å². The van der Waals surface area contributed by atoms with Gasteiger partial charge in [0.1, 0.15) is 0 Å². The Morgan fingerprint density at radius 3 is 2.66 bits per heavy atom. The van der Waals surface area contributed by atoms with Crippen LogP contribution < -0.4 is 14.8 Å². The molecule has 2 fully saturated rings. The number of piperidine rings is 1. The molecule has 0 aliphatic carbocycles. The highest BCUT2D eigenvalue weighted by atomic mass is 16.5. The molecule has 1 aromatic carbocycles. The third-order valence-corrected chi connectivity index (χ3v) is 6.82. The first kappa shape index (κ1) is 23.1. The predicted octanol–water partition coefficient (Wildman–Crippen LogP) is 4.48. The first-order valence-electron chi connectivity index (χ1n) is 12.5. The Hall–Kier alpha value is -2.11. The topological polar surface area (TPSA) is 46.6 Å². The summed E-state index contributed by atoms with van der Waals surface area (Å²) < 4.78 is 11.7. The van der Waals surface area contributed by atoms with E-state index in [1.54, 1.807) is 7.11 Å². The minimum Gasteiger partial charge on any atom is -0.493 e. The highest BCUT2D eigenvalue weighted by molar-refractivity contribution is 5.44. The van der Waals surface area contributed by atoms with Crippen molar-refractivity contribution in [2.24, 2.45) is 5.92 Å². The van der Waals surface area contributed by atoms with Crippen molar-refractivity contribution in [3.63, 3.8) is 0 Å². The number of likely N-dealkylation sites (tertiary alicyclic amines) is 1. The second-order valence-electron chi connectivity index (χ2n) is 9.27. The van der Waals surface area contributed by atoms with E-state index in [1.165, 1.54) is 56.5 Å². The van der Waals surface area contributed by atoms with Gasteiger partial charge < -0.3 is 19.7 Å². The normalized spacial score (nSPS) is 17.5. The Labute approximate surface area is 193 Å². The van der Waals surface area contributed by atoms with Crippen LogP contribution in [0.5, 0.6) is 11.5 Å². The van der Waals surface area contributed by atoms with Crippen LogP contribution in [0.2, 0.25) is 0 Å². The molecular formula is C27H39N3O2. The molecule has 0 amide bonds. The van der Waals surface area contributed by atoms with Crippen LogP contribution in [0.3, 0.4) is 0 Å². The summed E-state index contributed by atoms with van der Waals surface area (Å²) in [6.07, 6.45) is 9.46. The summed E-state index contributed by atoms with van der Waals surface area (Å²) in [5, 5.41) is 3.45. The van der Waals surface area contributed by atoms with Gasteiger partial charge in [-0.2, -0.15) is 0 Å². The molecule has 0 spiro atoms. The van der Waals surface area contributed by atoms with Gasteiger partial charge in [-0.25, -0.2) is 0 Å². The first-order valence-corrected chi connectivity index (χ1v) is 12.5. The van der Waals surface area contributed by atoms with E-state index in [9.17, 15) is 0 Å². The molecule has 1 aromatic heterocycles. The van der Waals surface area contributed by atoms with Crippen LogP contribution in [0.15, 0.2) is 36.4 Å². The van der Waals surface area contributed by atoms with Crippen LogP contribution in [0.1, 0.15) is 55.5 Å². The number of hydrogen-bond acceptors (Lipinski definition) is 5. The van der Waals surface area contributed by atoms with Gasteiger partial charge in [-0.05, 0) is 107 Å². The molecule has 0 atom stereocenters. The maximum absolute atomic E-state index is 6.12. The van der Waals surface area contributed by atoms with Gasteiger partial charge in [-0.1, -0.05) is 12.1 Å². The molecule has 5 heteroatoms. The molecule has 0 bridgehead atoms. The van der Waals surface area contributed by atoms with Gasteiger partial charge in [-0.3, -0.25) is 4.98 Å². The minimum atomic E-state index is 0.723. The highest BCUT2D eigenvalue weighted by Gasteiger charge is 2.14. The van der Waals surface area contributed by atoms with E-state index in [2.05, 4.69) is 40.5 Å². The van der Waals surface area contributed by atoms with Gasteiger partial charge in [0.2, 0.25) is 0 Å². The third-order valence-electron chi connectivity index (χ3n) is 6.82. The van der Waals surface area contributed by atoms with Crippen LogP contribution in [0, 0.1) is 5.92 Å². The Bertz CT molecular complexity index is 829. The summed E-state index contributed by atoms with van der Waals surface area (Å²) in [5.74, 6) is 2.49. The fourth-order valence-corrected chi connectivity index (χ4v) is 4.92. The predicted molar refractivity (Wildman–Crippen MR) is 130 cm³/mol. The SMILES string of the molecule is COc1ccc(Cc2cccc(CCC3CCNCC3)n2)cc1OCCCN1CCCC1. The maximum Gasteiger partial charge on any atom is 0.161 e. The molecule has 2 aromatic rings. The molecule has 3 heterocycles. The highest BCUT2D eigenvalue weighted by Crippen LogP contribution is 2.29. The number of methoxy groups -OCH3 is 1. The van der Waals surface area contributed by atoms with Gasteiger partial charge in [0.15, 0.2) is 11.5 Å². The van der Waals surface area contributed by atoms with Gasteiger partial charge in [0, 0.05) is 24.4 Å². The zero-order valence-electron chi connectivity index (χ0n) is 19.7. The van der Waals surface area contributed by atoms with E-state index in [4.69, 9.17) is 14.5 Å². The molecule has 0 unspecified atom stereocenters. The molecule has 32 heavy (non-hydrogen) atoms. The Kier molecular flexibility index (Phi) is 8.80. The smallest absolute Gasteiger partial charge is 0.161 e. The average molecular weight is 438 g/mol. The largest absolute Gasteiger partial charge is 0.493 e. The number of hydrogen-bond donors (Lipinski definition) is 1. The third kappa shape index (κ3) is 6.94. The molecule has 0 saturated carbocycles. The van der Waals surface area contributed by atoms with Gasteiger partial charge >= 0.3 is 0 Å². The number of pyridine rings is 1. The number of nitrogens with one attached hydrogen (secondary N) is 1. The Morgan fingerprint density at radius 1 is 1.03 bits per heavy atom. The van der Waals surface area contributed by atoms with E-state index in [1.807, 2.05) is 6.07 Å². The summed E-state index contributed by atoms with van der Waals surface area (Å²) in [6.45, 7) is 6.65. The number of ether oxygens (including phenoxy) is 2. The summed E-state index contributed by atoms with van der Waals surface area (Å²) in [5.41, 5.74) is 3.55. The lowest BCUT2D eigenvalue weighted by atomic mass is 9.92. The van der Waals surface area contributed by atoms with Crippen molar-refractivity contribution in [3.05, 3.63) is 53.3 Å². The van der Waals surface area contributed by atoms with Crippen molar-refractivity contribution in [2.75, 3.05) is 46.4 Å². The van der Waals surface area contributed by atoms with Crippen molar-refractivity contribution in [3.8, 4) is 11.5 Å². The number of rotatable bonds is 11. The standard InChI is InChI=1S/C27H39N3O2/c1-31-26-11-9-23(21-27(26)32-19-5-18-30-16-2-3-17-30)20-25-7-4-6-24(29-25)10-8-22-12-14-28-15-13-22/h4,6-7,9,11,21-22,28H,2-3,5,8,10,12-20H2,1H3. The first-order chi connectivity index (χ1) is 15.8. The van der Waals surface area contributed by atoms with E-state index in [-0.39, 0.29) is 0 Å². The Morgan fingerprint density at radius 2 is 1.84 bits per heavy atom. The quantitative estimate of drug-likeness (QED) is 0.525. The minimum absolute atomic E-state index is 0.723. The number of aryl methyl sites for hydroxylation is 1. The Balaban J connectivity index is 1.31. The lowest BCUT2D eigenvalue weighted by Crippen LogP contribution is -2.27. The van der Waals surface area contributed by atoms with Gasteiger partial charge in [0.05, 0.1) is 13.7 Å². The van der Waals surface area contributed by atoms with Crippen LogP contribution in [-0.2, 0) is 12.8 Å². The second-order valence-corrected chi connectivity index (χ2v) is 9.27. The molecule has 2 aliphatic rings. The van der Waals surface area contributed by atoms with Crippen molar-refractivity contribution < 1.29 is 9.47 Å². The lowest BCUT2D eigenvalue weighted by molar-refractivity contribution is 0.254. The fourth-order valence-electron chi connectivity index (χ4n) is 4.92. The summed E-state index contributed by atoms with van der Waals surface area (Å²) in [4.78, 5) is 7.48. The lowest BCUT2D eigenvalue weighted by Gasteiger charge is -2.22. The van der Waals surface area contributed by atoms with Crippen LogP contribution in [0.25, 0.3) is 0 Å². The fraction of sp³-hybridized carbons (Fsp3) is 0.593. The van der Waals surface area contributed by atoms with E-state index in [0.717, 1.165) is 68.6 Å². The van der Waals surface area contributed by atoms with Crippen LogP contribution in [0.4, 0.5) is 0 Å². The van der Waals surface area contributed by atoms with Crippen molar-refractivity contribution in [1.82, 2.24) is 15.2 Å². The number of benzene rings is 1. The van der Waals surface area contributed by atoms with Crippen molar-refractivity contribution in [2.45, 2.75) is 51.4 Å². The molecular weight excluding hydrogens is 398 g/mol. The van der Waals surface area contributed by atoms with E-state index in [0.29, 0.717) is 0 Å². The second kappa shape index (κ2) is 12.2. The molecule has 2 aliphatic heterocycles. The summed E-state index contributed by atoms with van der Waals surface area (Å²) in [7, 11) is 1.71. The molecule has 1 N–H and O–H groups in total. The monoisotopic (exact) mass is 437 g/mol. The molecule has 4 rings (SSSR count). The maximum atomic E-state index is 6.12. The van der Waals surface area contributed by atoms with Crippen molar-refractivity contribution >= 4 is 0 Å². The summed E-state index contributed by atoms with van der Waals surface area (Å²) >= 11 is 0. The molecule has 174 valence electrons. The van der Waals surface area contributed by atoms with E-state index < -0.39 is 0 Å². The van der Waals surface area contributed by atoms with E-state index >= 15 is 0 Å². The molecule has 0 radical (unpaired) electrons. The average Bonchev–Trinajstić information content (AvgIpc) is 3.35. The number of nitrogens with zero attached hydrogens (tertiary/aromatic N) is 2. The van der Waals surface area contributed by atoms with Gasteiger partial charge in [0.25, 0.3) is 0 Å². The zero-order chi connectivity index (χ0) is 22.0. The van der Waals surface area contributed by atoms with Gasteiger partial charge in [-0.15, -0.1) is 0 Å². The zero-order valence-corrected chi connectivity index (χ0v) is 19.7. The molecule has 5 nitrogen and oxygen atoms in total.